The summed E-state index contributed by atoms with van der Waals surface area (Å²) < 4.78 is 7.29. The smallest absolute Gasteiger partial charge is 0.216 e. The fraction of sp³-hybridized carbons (Fsp3) is 0.0833. The first-order chi connectivity index (χ1) is 8.81. The van der Waals surface area contributed by atoms with Gasteiger partial charge < -0.3 is 4.42 Å². The van der Waals surface area contributed by atoms with Gasteiger partial charge >= 0.3 is 0 Å². The molecule has 0 amide bonds. The van der Waals surface area contributed by atoms with Crippen LogP contribution >= 0.6 is 11.6 Å². The Hall–Kier alpha value is -2.14. The molecule has 0 fully saturated rings. The standard InChI is InChI=1S/C12H9ClN4O/c13-10-3-1-9(2-4-10)11-5-15-12(18-11)6-17-8-14-7-16-17/h1-5,7-8H,6H2. The zero-order valence-electron chi connectivity index (χ0n) is 9.32. The van der Waals surface area contributed by atoms with Crippen LogP contribution in [-0.2, 0) is 6.54 Å². The van der Waals surface area contributed by atoms with Crippen LogP contribution in [0.15, 0.2) is 47.5 Å². The Kier molecular flexibility index (Phi) is 2.82. The maximum Gasteiger partial charge on any atom is 0.216 e. The Bertz CT molecular complexity index is 630. The molecule has 0 unspecified atom stereocenters. The molecule has 3 aromatic rings. The number of benzene rings is 1. The monoisotopic (exact) mass is 260 g/mol. The van der Waals surface area contributed by atoms with Crippen molar-refractivity contribution in [2.24, 2.45) is 0 Å². The Morgan fingerprint density at radius 3 is 2.78 bits per heavy atom. The number of hydrogen-bond donors (Lipinski definition) is 0. The van der Waals surface area contributed by atoms with Gasteiger partial charge in [-0.2, -0.15) is 5.10 Å². The van der Waals surface area contributed by atoms with Crippen molar-refractivity contribution < 1.29 is 4.42 Å². The number of halogens is 1. The minimum atomic E-state index is 0.466. The summed E-state index contributed by atoms with van der Waals surface area (Å²) in [5, 5.41) is 4.69. The number of nitrogens with zero attached hydrogens (tertiary/aromatic N) is 4. The Labute approximate surface area is 108 Å². The number of aromatic nitrogens is 4. The minimum Gasteiger partial charge on any atom is -0.439 e. The van der Waals surface area contributed by atoms with Gasteiger partial charge in [-0.15, -0.1) is 0 Å². The van der Waals surface area contributed by atoms with E-state index in [1.807, 2.05) is 24.3 Å². The lowest BCUT2D eigenvalue weighted by Crippen LogP contribution is -1.99. The van der Waals surface area contributed by atoms with E-state index in [-0.39, 0.29) is 0 Å². The molecule has 0 radical (unpaired) electrons. The van der Waals surface area contributed by atoms with Crippen molar-refractivity contribution in [3.05, 3.63) is 54.0 Å². The van der Waals surface area contributed by atoms with Crippen molar-refractivity contribution in [2.45, 2.75) is 6.54 Å². The van der Waals surface area contributed by atoms with E-state index in [4.69, 9.17) is 16.0 Å². The molecule has 0 saturated heterocycles. The fourth-order valence-electron chi connectivity index (χ4n) is 1.58. The predicted octanol–water partition coefficient (Wildman–Crippen LogP) is 2.63. The van der Waals surface area contributed by atoms with Crippen LogP contribution in [0.25, 0.3) is 11.3 Å². The Balaban J connectivity index is 1.83. The van der Waals surface area contributed by atoms with Gasteiger partial charge in [0.2, 0.25) is 5.89 Å². The first-order valence-electron chi connectivity index (χ1n) is 5.34. The second-order valence-corrected chi connectivity index (χ2v) is 4.15. The van der Waals surface area contributed by atoms with Gasteiger partial charge in [0.1, 0.15) is 19.2 Å². The molecular weight excluding hydrogens is 252 g/mol. The lowest BCUT2D eigenvalue weighted by molar-refractivity contribution is 0.474. The van der Waals surface area contributed by atoms with Crippen LogP contribution in [0, 0.1) is 0 Å². The lowest BCUT2D eigenvalue weighted by atomic mass is 10.2. The van der Waals surface area contributed by atoms with Crippen molar-refractivity contribution >= 4 is 11.6 Å². The predicted molar refractivity (Wildman–Crippen MR) is 66.1 cm³/mol. The van der Waals surface area contributed by atoms with Gasteiger partial charge in [-0.25, -0.2) is 14.6 Å². The normalized spacial score (nSPS) is 10.7. The summed E-state index contributed by atoms with van der Waals surface area (Å²) in [7, 11) is 0. The summed E-state index contributed by atoms with van der Waals surface area (Å²) in [5.41, 5.74) is 0.941. The van der Waals surface area contributed by atoms with Crippen molar-refractivity contribution in [2.75, 3.05) is 0 Å². The molecule has 0 atom stereocenters. The van der Waals surface area contributed by atoms with Gasteiger partial charge in [0.25, 0.3) is 0 Å². The molecule has 90 valence electrons. The molecular formula is C12H9ClN4O. The van der Waals surface area contributed by atoms with Crippen LogP contribution < -0.4 is 0 Å². The van der Waals surface area contributed by atoms with E-state index in [0.717, 1.165) is 5.56 Å². The Morgan fingerprint density at radius 2 is 2.06 bits per heavy atom. The Morgan fingerprint density at radius 1 is 1.22 bits per heavy atom. The molecule has 0 bridgehead atoms. The van der Waals surface area contributed by atoms with Gasteiger partial charge in [0.15, 0.2) is 5.76 Å². The van der Waals surface area contributed by atoms with Crippen molar-refractivity contribution in [1.82, 2.24) is 19.7 Å². The zero-order valence-corrected chi connectivity index (χ0v) is 10.1. The van der Waals surface area contributed by atoms with E-state index in [1.165, 1.54) is 6.33 Å². The highest BCUT2D eigenvalue weighted by atomic mass is 35.5. The van der Waals surface area contributed by atoms with Crippen molar-refractivity contribution in [3.63, 3.8) is 0 Å². The average molecular weight is 261 g/mol. The third-order valence-corrected chi connectivity index (χ3v) is 2.70. The van der Waals surface area contributed by atoms with Crippen LogP contribution in [0.4, 0.5) is 0 Å². The van der Waals surface area contributed by atoms with Crippen molar-refractivity contribution in [3.8, 4) is 11.3 Å². The van der Waals surface area contributed by atoms with Crippen LogP contribution in [-0.4, -0.2) is 19.7 Å². The maximum atomic E-state index is 5.83. The molecule has 0 aliphatic rings. The highest BCUT2D eigenvalue weighted by Crippen LogP contribution is 2.22. The minimum absolute atomic E-state index is 0.466. The molecule has 0 spiro atoms. The SMILES string of the molecule is Clc1ccc(-c2cnc(Cn3cncn3)o2)cc1. The summed E-state index contributed by atoms with van der Waals surface area (Å²) in [6, 6.07) is 7.41. The molecule has 6 heteroatoms. The fourth-order valence-corrected chi connectivity index (χ4v) is 1.71. The van der Waals surface area contributed by atoms with Gasteiger partial charge in [0.05, 0.1) is 6.20 Å². The van der Waals surface area contributed by atoms with Gasteiger partial charge in [-0.3, -0.25) is 0 Å². The van der Waals surface area contributed by atoms with E-state index >= 15 is 0 Å². The summed E-state index contributed by atoms with van der Waals surface area (Å²) in [6.07, 6.45) is 4.78. The van der Waals surface area contributed by atoms with Gasteiger partial charge in [-0.1, -0.05) is 11.6 Å². The van der Waals surface area contributed by atoms with Crippen LogP contribution in [0.3, 0.4) is 0 Å². The molecule has 3 rings (SSSR count). The van der Waals surface area contributed by atoms with Crippen LogP contribution in [0.5, 0.6) is 0 Å². The lowest BCUT2D eigenvalue weighted by Gasteiger charge is -1.97. The number of oxazole rings is 1. The third-order valence-electron chi connectivity index (χ3n) is 2.45. The molecule has 1 aromatic carbocycles. The second-order valence-electron chi connectivity index (χ2n) is 3.72. The average Bonchev–Trinajstić information content (AvgIpc) is 3.02. The molecule has 2 heterocycles. The van der Waals surface area contributed by atoms with E-state index in [9.17, 15) is 0 Å². The molecule has 0 saturated carbocycles. The molecule has 5 nitrogen and oxygen atoms in total. The largest absolute Gasteiger partial charge is 0.439 e. The van der Waals surface area contributed by atoms with Crippen molar-refractivity contribution in [1.29, 1.82) is 0 Å². The summed E-state index contributed by atoms with van der Waals surface area (Å²) in [4.78, 5) is 8.06. The van der Waals surface area contributed by atoms with E-state index < -0.39 is 0 Å². The van der Waals surface area contributed by atoms with Gasteiger partial charge in [0, 0.05) is 10.6 Å². The van der Waals surface area contributed by atoms with Crippen LogP contribution in [0.2, 0.25) is 5.02 Å². The van der Waals surface area contributed by atoms with E-state index in [0.29, 0.717) is 23.2 Å². The first-order valence-corrected chi connectivity index (χ1v) is 5.72. The molecule has 0 aliphatic heterocycles. The van der Waals surface area contributed by atoms with Crippen LogP contribution in [0.1, 0.15) is 5.89 Å². The highest BCUT2D eigenvalue weighted by molar-refractivity contribution is 6.30. The zero-order chi connectivity index (χ0) is 12.4. The summed E-state index contributed by atoms with van der Waals surface area (Å²) >= 11 is 5.83. The number of hydrogen-bond acceptors (Lipinski definition) is 4. The second kappa shape index (κ2) is 4.62. The molecule has 0 aliphatic carbocycles. The molecule has 2 aromatic heterocycles. The molecule has 0 N–H and O–H groups in total. The third kappa shape index (κ3) is 2.26. The van der Waals surface area contributed by atoms with Gasteiger partial charge in [-0.05, 0) is 24.3 Å². The number of rotatable bonds is 3. The summed E-state index contributed by atoms with van der Waals surface area (Å²) in [6.45, 7) is 0.466. The molecule has 18 heavy (non-hydrogen) atoms. The van der Waals surface area contributed by atoms with E-state index in [1.54, 1.807) is 17.2 Å². The quantitative estimate of drug-likeness (QED) is 0.726. The summed E-state index contributed by atoms with van der Waals surface area (Å²) in [5.74, 6) is 1.30. The first kappa shape index (κ1) is 11.0. The highest BCUT2D eigenvalue weighted by Gasteiger charge is 2.07. The topological polar surface area (TPSA) is 56.7 Å². The maximum absolute atomic E-state index is 5.83. The van der Waals surface area contributed by atoms with E-state index in [2.05, 4.69) is 15.1 Å².